The van der Waals surface area contributed by atoms with Gasteiger partial charge >= 0.3 is 11.9 Å². The van der Waals surface area contributed by atoms with E-state index in [1.54, 1.807) is 26.0 Å². The van der Waals surface area contributed by atoms with E-state index in [-0.39, 0.29) is 30.5 Å². The van der Waals surface area contributed by atoms with Crippen molar-refractivity contribution in [3.05, 3.63) is 59.2 Å². The first kappa shape index (κ1) is 24.5. The second-order valence-electron chi connectivity index (χ2n) is 6.98. The molecular formula is C25H27NO6. The van der Waals surface area contributed by atoms with E-state index in [1.165, 1.54) is 12.1 Å². The monoisotopic (exact) mass is 437 g/mol. The summed E-state index contributed by atoms with van der Waals surface area (Å²) < 4.78 is 21.5. The summed E-state index contributed by atoms with van der Waals surface area (Å²) in [4.78, 5) is 24.2. The summed E-state index contributed by atoms with van der Waals surface area (Å²) in [7, 11) is 0. The quantitative estimate of drug-likeness (QED) is 0.231. The standard InChI is InChI=1S/C25H27NO6/c1-5-29-23-14-18(13-19(15-26)25(28)30-6-2)11-12-22(23)32-24(27)16-31-21-10-8-7-9-20(21)17(3)4/h7-14,17H,5-6,16H2,1-4H3/b19-13+. The molecule has 0 heterocycles. The minimum absolute atomic E-state index is 0.142. The first-order valence-corrected chi connectivity index (χ1v) is 10.4. The number of rotatable bonds is 10. The molecule has 0 aromatic heterocycles. The van der Waals surface area contributed by atoms with E-state index in [2.05, 4.69) is 0 Å². The summed E-state index contributed by atoms with van der Waals surface area (Å²) in [5.41, 5.74) is 1.39. The molecule has 32 heavy (non-hydrogen) atoms. The van der Waals surface area contributed by atoms with Crippen LogP contribution in [0.4, 0.5) is 0 Å². The van der Waals surface area contributed by atoms with Crippen LogP contribution in [0.5, 0.6) is 17.2 Å². The second-order valence-corrected chi connectivity index (χ2v) is 6.98. The number of carbonyl (C=O) groups is 2. The summed E-state index contributed by atoms with van der Waals surface area (Å²) in [6.45, 7) is 7.78. The average molecular weight is 437 g/mol. The summed E-state index contributed by atoms with van der Waals surface area (Å²) in [5, 5.41) is 9.20. The van der Waals surface area contributed by atoms with E-state index in [0.29, 0.717) is 23.7 Å². The van der Waals surface area contributed by atoms with Crippen molar-refractivity contribution in [1.82, 2.24) is 0 Å². The highest BCUT2D eigenvalue weighted by Crippen LogP contribution is 2.30. The maximum Gasteiger partial charge on any atom is 0.349 e. The van der Waals surface area contributed by atoms with Crippen LogP contribution >= 0.6 is 0 Å². The molecule has 0 unspecified atom stereocenters. The van der Waals surface area contributed by atoms with Crippen LogP contribution in [-0.4, -0.2) is 31.8 Å². The van der Waals surface area contributed by atoms with Crippen molar-refractivity contribution in [2.24, 2.45) is 0 Å². The van der Waals surface area contributed by atoms with E-state index in [4.69, 9.17) is 18.9 Å². The molecule has 0 aliphatic carbocycles. The number of hydrogen-bond acceptors (Lipinski definition) is 7. The van der Waals surface area contributed by atoms with Crippen molar-refractivity contribution in [3.63, 3.8) is 0 Å². The van der Waals surface area contributed by atoms with Crippen LogP contribution in [0.25, 0.3) is 6.08 Å². The predicted molar refractivity (Wildman–Crippen MR) is 119 cm³/mol. The van der Waals surface area contributed by atoms with Gasteiger partial charge in [-0.2, -0.15) is 5.26 Å². The normalized spacial score (nSPS) is 10.9. The highest BCUT2D eigenvalue weighted by atomic mass is 16.6. The third-order valence-corrected chi connectivity index (χ3v) is 4.30. The third kappa shape index (κ3) is 6.88. The molecule has 2 aromatic carbocycles. The molecular weight excluding hydrogens is 410 g/mol. The highest BCUT2D eigenvalue weighted by Gasteiger charge is 2.15. The molecule has 0 saturated carbocycles. The van der Waals surface area contributed by atoms with Gasteiger partial charge < -0.3 is 18.9 Å². The lowest BCUT2D eigenvalue weighted by Gasteiger charge is -2.14. The zero-order valence-corrected chi connectivity index (χ0v) is 18.7. The van der Waals surface area contributed by atoms with Crippen molar-refractivity contribution in [3.8, 4) is 23.3 Å². The van der Waals surface area contributed by atoms with E-state index < -0.39 is 11.9 Å². The van der Waals surface area contributed by atoms with Gasteiger partial charge in [0.05, 0.1) is 13.2 Å². The number of benzene rings is 2. The fourth-order valence-corrected chi connectivity index (χ4v) is 2.86. The lowest BCUT2D eigenvalue weighted by Crippen LogP contribution is -2.18. The van der Waals surface area contributed by atoms with Gasteiger partial charge in [-0.3, -0.25) is 0 Å². The van der Waals surface area contributed by atoms with Crippen LogP contribution in [-0.2, 0) is 14.3 Å². The van der Waals surface area contributed by atoms with E-state index in [0.717, 1.165) is 5.56 Å². The van der Waals surface area contributed by atoms with Crippen LogP contribution in [0.1, 0.15) is 44.7 Å². The molecule has 0 bridgehead atoms. The smallest absolute Gasteiger partial charge is 0.349 e. The number of para-hydroxylation sites is 1. The van der Waals surface area contributed by atoms with Gasteiger partial charge in [0.2, 0.25) is 0 Å². The number of ether oxygens (including phenoxy) is 4. The molecule has 2 aromatic rings. The van der Waals surface area contributed by atoms with Crippen LogP contribution in [0.3, 0.4) is 0 Å². The van der Waals surface area contributed by atoms with Crippen molar-refractivity contribution in [2.75, 3.05) is 19.8 Å². The molecule has 0 atom stereocenters. The van der Waals surface area contributed by atoms with Crippen molar-refractivity contribution in [1.29, 1.82) is 5.26 Å². The summed E-state index contributed by atoms with van der Waals surface area (Å²) in [5.74, 6) is 0.107. The van der Waals surface area contributed by atoms with Gasteiger partial charge in [0, 0.05) is 0 Å². The Labute approximate surface area is 188 Å². The Morgan fingerprint density at radius 1 is 1.00 bits per heavy atom. The van der Waals surface area contributed by atoms with Gasteiger partial charge in [-0.15, -0.1) is 0 Å². The van der Waals surface area contributed by atoms with Crippen LogP contribution in [0, 0.1) is 11.3 Å². The number of esters is 2. The van der Waals surface area contributed by atoms with Crippen molar-refractivity contribution < 1.29 is 28.5 Å². The Hall–Kier alpha value is -3.79. The minimum Gasteiger partial charge on any atom is -0.490 e. The van der Waals surface area contributed by atoms with Gasteiger partial charge in [-0.05, 0) is 55.2 Å². The fourth-order valence-electron chi connectivity index (χ4n) is 2.86. The fraction of sp³-hybridized carbons (Fsp3) is 0.320. The summed E-state index contributed by atoms with van der Waals surface area (Å²) in [6.07, 6.45) is 1.39. The van der Waals surface area contributed by atoms with Gasteiger partial charge in [0.1, 0.15) is 17.4 Å². The minimum atomic E-state index is -0.706. The molecule has 0 fully saturated rings. The Bertz CT molecular complexity index is 1020. The largest absolute Gasteiger partial charge is 0.490 e. The number of nitriles is 1. The molecule has 0 amide bonds. The molecule has 0 spiro atoms. The maximum absolute atomic E-state index is 12.4. The molecule has 2 rings (SSSR count). The Kier molecular flexibility index (Phi) is 9.30. The Morgan fingerprint density at radius 2 is 1.75 bits per heavy atom. The van der Waals surface area contributed by atoms with Crippen molar-refractivity contribution >= 4 is 18.0 Å². The van der Waals surface area contributed by atoms with Gasteiger partial charge in [-0.25, -0.2) is 9.59 Å². The highest BCUT2D eigenvalue weighted by molar-refractivity contribution is 5.98. The molecule has 168 valence electrons. The Morgan fingerprint density at radius 3 is 2.41 bits per heavy atom. The molecule has 0 saturated heterocycles. The van der Waals surface area contributed by atoms with Crippen molar-refractivity contribution in [2.45, 2.75) is 33.6 Å². The summed E-state index contributed by atoms with van der Waals surface area (Å²) in [6, 6.07) is 14.1. The van der Waals surface area contributed by atoms with E-state index >= 15 is 0 Å². The third-order valence-electron chi connectivity index (χ3n) is 4.30. The van der Waals surface area contributed by atoms with Crippen LogP contribution in [0.15, 0.2) is 48.0 Å². The molecule has 7 nitrogen and oxygen atoms in total. The number of hydrogen-bond donors (Lipinski definition) is 0. The van der Waals surface area contributed by atoms with Gasteiger partial charge in [0.15, 0.2) is 18.1 Å². The number of nitrogens with zero attached hydrogens (tertiary/aromatic N) is 1. The molecule has 0 N–H and O–H groups in total. The van der Waals surface area contributed by atoms with E-state index in [9.17, 15) is 14.9 Å². The first-order chi connectivity index (χ1) is 15.4. The zero-order valence-electron chi connectivity index (χ0n) is 18.7. The molecule has 0 aliphatic heterocycles. The first-order valence-electron chi connectivity index (χ1n) is 10.4. The SMILES string of the molecule is CCOC(=O)/C(C#N)=C/c1ccc(OC(=O)COc2ccccc2C(C)C)c(OCC)c1. The lowest BCUT2D eigenvalue weighted by atomic mass is 10.0. The average Bonchev–Trinajstić information content (AvgIpc) is 2.78. The van der Waals surface area contributed by atoms with Crippen LogP contribution < -0.4 is 14.2 Å². The number of carbonyl (C=O) groups excluding carboxylic acids is 2. The van der Waals surface area contributed by atoms with E-state index in [1.807, 2.05) is 44.2 Å². The predicted octanol–water partition coefficient (Wildman–Crippen LogP) is 4.66. The Balaban J connectivity index is 2.15. The molecule has 0 radical (unpaired) electrons. The summed E-state index contributed by atoms with van der Waals surface area (Å²) >= 11 is 0. The van der Waals surface area contributed by atoms with Crippen LogP contribution in [0.2, 0.25) is 0 Å². The zero-order chi connectivity index (χ0) is 23.5. The second kappa shape index (κ2) is 12.2. The lowest BCUT2D eigenvalue weighted by molar-refractivity contribution is -0.138. The molecule has 7 heteroatoms. The van der Waals surface area contributed by atoms with Gasteiger partial charge in [0.25, 0.3) is 0 Å². The molecule has 0 aliphatic rings. The topological polar surface area (TPSA) is 94.9 Å². The maximum atomic E-state index is 12.4. The van der Waals surface area contributed by atoms with Gasteiger partial charge in [-0.1, -0.05) is 38.1 Å².